The molecule has 29 heavy (non-hydrogen) atoms. The second kappa shape index (κ2) is 8.68. The molecule has 0 unspecified atom stereocenters. The first-order valence-corrected chi connectivity index (χ1v) is 9.63. The quantitative estimate of drug-likeness (QED) is 0.672. The highest BCUT2D eigenvalue weighted by molar-refractivity contribution is 5.78. The number of furan rings is 1. The second-order valence-electron chi connectivity index (χ2n) is 6.89. The average molecular weight is 394 g/mol. The molecule has 0 aromatic carbocycles. The zero-order chi connectivity index (χ0) is 20.1. The number of nitrogens with zero attached hydrogens (tertiary/aromatic N) is 5. The van der Waals surface area contributed by atoms with Gasteiger partial charge in [-0.25, -0.2) is 4.68 Å². The first-order valence-electron chi connectivity index (χ1n) is 9.63. The molecule has 0 aliphatic carbocycles. The van der Waals surface area contributed by atoms with Crippen LogP contribution in [0.3, 0.4) is 0 Å². The van der Waals surface area contributed by atoms with Gasteiger partial charge in [0.2, 0.25) is 5.91 Å². The average Bonchev–Trinajstić information content (AvgIpc) is 3.30. The molecule has 0 radical (unpaired) electrons. The lowest BCUT2D eigenvalue weighted by molar-refractivity contribution is -0.125. The molecule has 3 aromatic rings. The van der Waals surface area contributed by atoms with Crippen molar-refractivity contribution in [2.24, 2.45) is 5.92 Å². The maximum atomic E-state index is 12.4. The molecule has 1 saturated heterocycles. The minimum absolute atomic E-state index is 0.0212. The monoisotopic (exact) mass is 394 g/mol. The van der Waals surface area contributed by atoms with Crippen LogP contribution in [0.2, 0.25) is 0 Å². The van der Waals surface area contributed by atoms with Crippen molar-refractivity contribution in [3.63, 3.8) is 0 Å². The van der Waals surface area contributed by atoms with Crippen LogP contribution in [0.15, 0.2) is 58.1 Å². The summed E-state index contributed by atoms with van der Waals surface area (Å²) in [7, 11) is 0. The third-order valence-corrected chi connectivity index (χ3v) is 5.02. The fourth-order valence-corrected chi connectivity index (χ4v) is 3.40. The Kier molecular flexibility index (Phi) is 5.64. The van der Waals surface area contributed by atoms with E-state index >= 15 is 0 Å². The fraction of sp³-hybridized carbons (Fsp3) is 0.350. The molecule has 9 nitrogen and oxygen atoms in total. The van der Waals surface area contributed by atoms with Gasteiger partial charge in [0.1, 0.15) is 5.69 Å². The van der Waals surface area contributed by atoms with Gasteiger partial charge >= 0.3 is 0 Å². The van der Waals surface area contributed by atoms with Gasteiger partial charge in [0.05, 0.1) is 12.8 Å². The van der Waals surface area contributed by atoms with Gasteiger partial charge in [-0.15, -0.1) is 10.2 Å². The Balaban J connectivity index is 1.25. The summed E-state index contributed by atoms with van der Waals surface area (Å²) in [6, 6.07) is 10.5. The Labute approximate surface area is 167 Å². The highest BCUT2D eigenvalue weighted by Crippen LogP contribution is 2.23. The van der Waals surface area contributed by atoms with Gasteiger partial charge in [0.25, 0.3) is 5.56 Å². The van der Waals surface area contributed by atoms with Crippen LogP contribution in [-0.2, 0) is 11.3 Å². The first kappa shape index (κ1) is 18.9. The summed E-state index contributed by atoms with van der Waals surface area (Å²) in [6.07, 6.45) is 4.66. The highest BCUT2D eigenvalue weighted by atomic mass is 16.3. The van der Waals surface area contributed by atoms with Gasteiger partial charge in [-0.05, 0) is 43.2 Å². The standard InChI is InChI=1S/C20H22N6O3/c27-19-4-1-9-22-26(19)13-10-21-20(28)15-7-11-25(12-8-15)18-6-5-16(23-24-18)17-3-2-14-29-17/h1-6,9,14-15H,7-8,10-13H2,(H,21,28). The van der Waals surface area contributed by atoms with Gasteiger partial charge in [-0.2, -0.15) is 5.10 Å². The molecular weight excluding hydrogens is 372 g/mol. The number of hydrogen-bond donors (Lipinski definition) is 1. The van der Waals surface area contributed by atoms with E-state index in [2.05, 4.69) is 25.5 Å². The van der Waals surface area contributed by atoms with E-state index in [0.29, 0.717) is 24.5 Å². The maximum Gasteiger partial charge on any atom is 0.266 e. The Hall–Kier alpha value is -3.49. The Morgan fingerprint density at radius 1 is 1.14 bits per heavy atom. The Morgan fingerprint density at radius 2 is 2.00 bits per heavy atom. The number of carbonyl (C=O) groups is 1. The summed E-state index contributed by atoms with van der Waals surface area (Å²) < 4.78 is 6.67. The summed E-state index contributed by atoms with van der Waals surface area (Å²) in [5.41, 5.74) is 0.522. The van der Waals surface area contributed by atoms with Crippen LogP contribution in [0.5, 0.6) is 0 Å². The fourth-order valence-electron chi connectivity index (χ4n) is 3.40. The zero-order valence-electron chi connectivity index (χ0n) is 15.9. The lowest BCUT2D eigenvalue weighted by Crippen LogP contribution is -2.42. The Morgan fingerprint density at radius 3 is 2.69 bits per heavy atom. The van der Waals surface area contributed by atoms with Crippen LogP contribution in [0, 0.1) is 5.92 Å². The van der Waals surface area contributed by atoms with Crippen molar-refractivity contribution in [1.29, 1.82) is 0 Å². The molecule has 1 aliphatic heterocycles. The third kappa shape index (κ3) is 4.50. The number of rotatable bonds is 6. The van der Waals surface area contributed by atoms with Crippen LogP contribution >= 0.6 is 0 Å². The van der Waals surface area contributed by atoms with E-state index in [9.17, 15) is 9.59 Å². The number of hydrogen-bond acceptors (Lipinski definition) is 7. The molecule has 0 atom stereocenters. The van der Waals surface area contributed by atoms with E-state index in [1.807, 2.05) is 24.3 Å². The van der Waals surface area contributed by atoms with E-state index in [1.165, 1.54) is 10.7 Å². The normalized spacial score (nSPS) is 14.7. The van der Waals surface area contributed by atoms with Crippen molar-refractivity contribution >= 4 is 11.7 Å². The summed E-state index contributed by atoms with van der Waals surface area (Å²) >= 11 is 0. The van der Waals surface area contributed by atoms with Crippen molar-refractivity contribution in [2.45, 2.75) is 19.4 Å². The van der Waals surface area contributed by atoms with Crippen molar-refractivity contribution in [3.8, 4) is 11.5 Å². The molecule has 4 heterocycles. The van der Waals surface area contributed by atoms with Crippen LogP contribution in [0.1, 0.15) is 12.8 Å². The molecule has 1 aliphatic rings. The first-order chi connectivity index (χ1) is 14.2. The van der Waals surface area contributed by atoms with Crippen LogP contribution in [0.25, 0.3) is 11.5 Å². The van der Waals surface area contributed by atoms with E-state index in [1.54, 1.807) is 18.5 Å². The molecule has 1 amide bonds. The molecule has 150 valence electrons. The molecule has 4 rings (SSSR count). The van der Waals surface area contributed by atoms with Crippen LogP contribution in [-0.4, -0.2) is 45.5 Å². The Bertz CT molecular complexity index is 992. The molecule has 0 saturated carbocycles. The summed E-state index contributed by atoms with van der Waals surface area (Å²) in [6.45, 7) is 2.23. The summed E-state index contributed by atoms with van der Waals surface area (Å²) in [5.74, 6) is 1.47. The predicted octanol–water partition coefficient (Wildman–Crippen LogP) is 1.33. The summed E-state index contributed by atoms with van der Waals surface area (Å²) in [4.78, 5) is 26.2. The zero-order valence-corrected chi connectivity index (χ0v) is 15.9. The van der Waals surface area contributed by atoms with E-state index < -0.39 is 0 Å². The number of amides is 1. The highest BCUT2D eigenvalue weighted by Gasteiger charge is 2.25. The van der Waals surface area contributed by atoms with Crippen molar-refractivity contribution in [1.82, 2.24) is 25.3 Å². The number of nitrogens with one attached hydrogen (secondary N) is 1. The smallest absolute Gasteiger partial charge is 0.266 e. The van der Waals surface area contributed by atoms with Crippen LogP contribution < -0.4 is 15.8 Å². The molecule has 0 bridgehead atoms. The molecule has 0 spiro atoms. The van der Waals surface area contributed by atoms with Gasteiger partial charge in [0.15, 0.2) is 11.6 Å². The van der Waals surface area contributed by atoms with Gasteiger partial charge in [0, 0.05) is 37.8 Å². The lowest BCUT2D eigenvalue weighted by Gasteiger charge is -2.31. The van der Waals surface area contributed by atoms with Crippen LogP contribution in [0.4, 0.5) is 5.82 Å². The minimum atomic E-state index is -0.172. The summed E-state index contributed by atoms with van der Waals surface area (Å²) in [5, 5.41) is 15.4. The van der Waals surface area contributed by atoms with Crippen molar-refractivity contribution in [3.05, 3.63) is 59.2 Å². The molecule has 9 heteroatoms. The molecule has 3 aromatic heterocycles. The van der Waals surface area contributed by atoms with Crippen molar-refractivity contribution in [2.75, 3.05) is 24.5 Å². The van der Waals surface area contributed by atoms with Crippen molar-refractivity contribution < 1.29 is 9.21 Å². The largest absolute Gasteiger partial charge is 0.463 e. The predicted molar refractivity (Wildman–Crippen MR) is 106 cm³/mol. The topological polar surface area (TPSA) is 106 Å². The molecule has 1 fully saturated rings. The van der Waals surface area contributed by atoms with E-state index in [0.717, 1.165) is 31.7 Å². The number of aromatic nitrogens is 4. The second-order valence-corrected chi connectivity index (χ2v) is 6.89. The van der Waals surface area contributed by atoms with Gasteiger partial charge in [-0.1, -0.05) is 0 Å². The molecule has 1 N–H and O–H groups in total. The van der Waals surface area contributed by atoms with Gasteiger partial charge in [-0.3, -0.25) is 9.59 Å². The lowest BCUT2D eigenvalue weighted by atomic mass is 9.96. The SMILES string of the molecule is O=C(NCCn1ncccc1=O)C1CCN(c2ccc(-c3ccco3)nn2)CC1. The number of carbonyl (C=O) groups excluding carboxylic acids is 1. The third-order valence-electron chi connectivity index (χ3n) is 5.02. The maximum absolute atomic E-state index is 12.4. The number of piperidine rings is 1. The van der Waals surface area contributed by atoms with E-state index in [4.69, 9.17) is 4.42 Å². The van der Waals surface area contributed by atoms with E-state index in [-0.39, 0.29) is 17.4 Å². The number of anilines is 1. The molecular formula is C20H22N6O3. The minimum Gasteiger partial charge on any atom is -0.463 e. The van der Waals surface area contributed by atoms with Gasteiger partial charge < -0.3 is 14.6 Å².